The second-order valence-corrected chi connectivity index (χ2v) is 4.12. The van der Waals surface area contributed by atoms with Gasteiger partial charge in [0.25, 0.3) is 5.91 Å². The summed E-state index contributed by atoms with van der Waals surface area (Å²) in [6.45, 7) is 3.19. The Kier molecular flexibility index (Phi) is 3.35. The van der Waals surface area contributed by atoms with E-state index in [0.717, 1.165) is 13.1 Å². The molecular formula is C12H14N4O. The lowest BCUT2D eigenvalue weighted by atomic mass is 10.2. The second-order valence-electron chi connectivity index (χ2n) is 4.12. The Hall–Kier alpha value is -1.93. The molecule has 2 heterocycles. The summed E-state index contributed by atoms with van der Waals surface area (Å²) >= 11 is 0. The minimum atomic E-state index is -0.0878. The van der Waals surface area contributed by atoms with Crippen molar-refractivity contribution in [1.29, 1.82) is 5.26 Å². The van der Waals surface area contributed by atoms with Crippen LogP contribution < -0.4 is 0 Å². The summed E-state index contributed by atoms with van der Waals surface area (Å²) in [5, 5.41) is 8.74. The van der Waals surface area contributed by atoms with Crippen molar-refractivity contribution in [2.45, 2.75) is 0 Å². The number of carbonyl (C=O) groups is 1. The number of pyridine rings is 1. The van der Waals surface area contributed by atoms with E-state index in [-0.39, 0.29) is 11.6 Å². The highest BCUT2D eigenvalue weighted by atomic mass is 16.2. The first kappa shape index (κ1) is 11.6. The normalized spacial score (nSPS) is 16.6. The number of nitrogens with zero attached hydrogens (tertiary/aromatic N) is 4. The molecule has 88 valence electrons. The Balaban J connectivity index is 2.11. The Bertz CT molecular complexity index is 458. The molecule has 1 aliphatic heterocycles. The number of hydrogen-bond acceptors (Lipinski definition) is 4. The van der Waals surface area contributed by atoms with Crippen LogP contribution in [0, 0.1) is 11.3 Å². The van der Waals surface area contributed by atoms with Gasteiger partial charge in [0.05, 0.1) is 0 Å². The Morgan fingerprint density at radius 1 is 1.35 bits per heavy atom. The maximum absolute atomic E-state index is 12.1. The molecule has 0 unspecified atom stereocenters. The maximum Gasteiger partial charge on any atom is 0.272 e. The maximum atomic E-state index is 12.1. The smallest absolute Gasteiger partial charge is 0.272 e. The van der Waals surface area contributed by atoms with E-state index in [9.17, 15) is 4.79 Å². The van der Waals surface area contributed by atoms with Gasteiger partial charge in [-0.15, -0.1) is 0 Å². The summed E-state index contributed by atoms with van der Waals surface area (Å²) in [5.74, 6) is -0.0878. The highest BCUT2D eigenvalue weighted by Gasteiger charge is 2.21. The van der Waals surface area contributed by atoms with E-state index in [2.05, 4.69) is 9.88 Å². The number of likely N-dealkylation sites (N-methyl/N-ethyl adjacent to an activating group) is 1. The number of carbonyl (C=O) groups excluding carboxylic acids is 1. The number of aromatic nitrogens is 1. The van der Waals surface area contributed by atoms with Gasteiger partial charge in [-0.1, -0.05) is 6.07 Å². The number of piperazine rings is 1. The van der Waals surface area contributed by atoms with Crippen molar-refractivity contribution in [3.63, 3.8) is 0 Å². The third-order valence-corrected chi connectivity index (χ3v) is 2.87. The summed E-state index contributed by atoms with van der Waals surface area (Å²) < 4.78 is 0. The van der Waals surface area contributed by atoms with E-state index in [0.29, 0.717) is 18.8 Å². The largest absolute Gasteiger partial charge is 0.335 e. The van der Waals surface area contributed by atoms with Crippen molar-refractivity contribution in [3.05, 3.63) is 29.6 Å². The van der Waals surface area contributed by atoms with E-state index in [1.165, 1.54) is 0 Å². The van der Waals surface area contributed by atoms with Crippen molar-refractivity contribution >= 4 is 5.91 Å². The average molecular weight is 230 g/mol. The molecule has 0 saturated carbocycles. The zero-order valence-electron chi connectivity index (χ0n) is 9.76. The van der Waals surface area contributed by atoms with E-state index in [4.69, 9.17) is 5.26 Å². The molecule has 0 bridgehead atoms. The molecule has 0 N–H and O–H groups in total. The van der Waals surface area contributed by atoms with Gasteiger partial charge in [0.15, 0.2) is 0 Å². The zero-order chi connectivity index (χ0) is 12.3. The van der Waals surface area contributed by atoms with E-state index >= 15 is 0 Å². The molecule has 1 saturated heterocycles. The lowest BCUT2D eigenvalue weighted by Gasteiger charge is -2.32. The monoisotopic (exact) mass is 230 g/mol. The number of hydrogen-bond donors (Lipinski definition) is 0. The fraction of sp³-hybridized carbons (Fsp3) is 0.417. The van der Waals surface area contributed by atoms with Crippen LogP contribution in [0.2, 0.25) is 0 Å². The predicted molar refractivity (Wildman–Crippen MR) is 62.4 cm³/mol. The lowest BCUT2D eigenvalue weighted by Crippen LogP contribution is -2.47. The molecule has 0 aliphatic carbocycles. The Morgan fingerprint density at radius 2 is 2.06 bits per heavy atom. The minimum Gasteiger partial charge on any atom is -0.335 e. The Labute approximate surface area is 100 Å². The Morgan fingerprint density at radius 3 is 2.71 bits per heavy atom. The third-order valence-electron chi connectivity index (χ3n) is 2.87. The van der Waals surface area contributed by atoms with Crippen LogP contribution in [0.5, 0.6) is 0 Å². The van der Waals surface area contributed by atoms with Crippen molar-refractivity contribution in [1.82, 2.24) is 14.8 Å². The highest BCUT2D eigenvalue weighted by molar-refractivity contribution is 5.92. The van der Waals surface area contributed by atoms with Crippen molar-refractivity contribution in [2.75, 3.05) is 33.2 Å². The van der Waals surface area contributed by atoms with Crippen LogP contribution in [0.15, 0.2) is 18.2 Å². The van der Waals surface area contributed by atoms with Crippen LogP contribution in [0.1, 0.15) is 16.2 Å². The van der Waals surface area contributed by atoms with Crippen LogP contribution in [0.25, 0.3) is 0 Å². The fourth-order valence-electron chi connectivity index (χ4n) is 1.79. The van der Waals surface area contributed by atoms with Crippen molar-refractivity contribution < 1.29 is 4.79 Å². The predicted octanol–water partition coefficient (Wildman–Crippen LogP) is 0.341. The molecular weight excluding hydrogens is 216 g/mol. The highest BCUT2D eigenvalue weighted by Crippen LogP contribution is 2.06. The lowest BCUT2D eigenvalue weighted by molar-refractivity contribution is 0.0658. The molecule has 1 aromatic heterocycles. The first-order valence-corrected chi connectivity index (χ1v) is 5.55. The molecule has 1 amide bonds. The van der Waals surface area contributed by atoms with E-state index in [1.54, 1.807) is 23.1 Å². The van der Waals surface area contributed by atoms with Gasteiger partial charge in [-0.3, -0.25) is 4.79 Å². The van der Waals surface area contributed by atoms with Crippen molar-refractivity contribution in [3.8, 4) is 6.07 Å². The molecule has 0 atom stereocenters. The standard InChI is InChI=1S/C12H14N4O/c1-15-5-7-16(8-6-15)12(17)11-4-2-3-10(9-13)14-11/h2-4H,5-8H2,1H3. The molecule has 17 heavy (non-hydrogen) atoms. The number of rotatable bonds is 1. The van der Waals surface area contributed by atoms with Crippen LogP contribution in [0.4, 0.5) is 0 Å². The summed E-state index contributed by atoms with van der Waals surface area (Å²) in [5.41, 5.74) is 0.638. The number of nitriles is 1. The molecule has 2 rings (SSSR count). The average Bonchev–Trinajstić information content (AvgIpc) is 2.39. The van der Waals surface area contributed by atoms with Gasteiger partial charge in [0.2, 0.25) is 0 Å². The van der Waals surface area contributed by atoms with Gasteiger partial charge in [0, 0.05) is 26.2 Å². The third kappa shape index (κ3) is 2.60. The van der Waals surface area contributed by atoms with Crippen LogP contribution >= 0.6 is 0 Å². The number of amides is 1. The van der Waals surface area contributed by atoms with Crippen molar-refractivity contribution in [2.24, 2.45) is 0 Å². The first-order chi connectivity index (χ1) is 8.20. The van der Waals surface area contributed by atoms with Gasteiger partial charge >= 0.3 is 0 Å². The SMILES string of the molecule is CN1CCN(C(=O)c2cccc(C#N)n2)CC1. The molecule has 1 aliphatic rings. The summed E-state index contributed by atoms with van der Waals surface area (Å²) in [4.78, 5) is 20.1. The molecule has 1 aromatic rings. The van der Waals surface area contributed by atoms with Gasteiger partial charge < -0.3 is 9.80 Å². The molecule has 5 nitrogen and oxygen atoms in total. The van der Waals surface area contributed by atoms with E-state index < -0.39 is 0 Å². The first-order valence-electron chi connectivity index (χ1n) is 5.55. The van der Waals surface area contributed by atoms with Gasteiger partial charge in [-0.25, -0.2) is 4.98 Å². The van der Waals surface area contributed by atoms with Crippen LogP contribution in [0.3, 0.4) is 0 Å². The van der Waals surface area contributed by atoms with Crippen LogP contribution in [-0.4, -0.2) is 53.9 Å². The van der Waals surface area contributed by atoms with Gasteiger partial charge in [0.1, 0.15) is 17.5 Å². The quantitative estimate of drug-likeness (QED) is 0.698. The minimum absolute atomic E-state index is 0.0878. The fourth-order valence-corrected chi connectivity index (χ4v) is 1.79. The second kappa shape index (κ2) is 4.93. The summed E-state index contributed by atoms with van der Waals surface area (Å²) in [6, 6.07) is 6.88. The molecule has 5 heteroatoms. The summed E-state index contributed by atoms with van der Waals surface area (Å²) in [7, 11) is 2.04. The molecule has 1 fully saturated rings. The topological polar surface area (TPSA) is 60.2 Å². The summed E-state index contributed by atoms with van der Waals surface area (Å²) in [6.07, 6.45) is 0. The molecule has 0 spiro atoms. The van der Waals surface area contributed by atoms with Gasteiger partial charge in [-0.2, -0.15) is 5.26 Å². The zero-order valence-corrected chi connectivity index (χ0v) is 9.76. The molecule has 0 aromatic carbocycles. The van der Waals surface area contributed by atoms with Crippen LogP contribution in [-0.2, 0) is 0 Å². The van der Waals surface area contributed by atoms with Gasteiger partial charge in [-0.05, 0) is 19.2 Å². The van der Waals surface area contributed by atoms with E-state index in [1.807, 2.05) is 13.1 Å². The molecule has 0 radical (unpaired) electrons.